The number of amides is 1. The van der Waals surface area contributed by atoms with Crippen LogP contribution < -0.4 is 16.4 Å². The van der Waals surface area contributed by atoms with Gasteiger partial charge in [-0.05, 0) is 55.8 Å². The van der Waals surface area contributed by atoms with Crippen molar-refractivity contribution in [1.29, 1.82) is 0 Å². The van der Waals surface area contributed by atoms with Gasteiger partial charge in [0.25, 0.3) is 5.91 Å². The van der Waals surface area contributed by atoms with Crippen LogP contribution in [0.5, 0.6) is 0 Å². The van der Waals surface area contributed by atoms with Crippen LogP contribution in [0.15, 0.2) is 67.3 Å². The van der Waals surface area contributed by atoms with Crippen LogP contribution >= 0.6 is 23.4 Å². The summed E-state index contributed by atoms with van der Waals surface area (Å²) in [5.41, 5.74) is 8.25. The molecule has 4 rings (SSSR count). The largest absolute Gasteiger partial charge is 0.332 e. The number of nitrogens with one attached hydrogen (secondary N) is 2. The lowest BCUT2D eigenvalue weighted by Gasteiger charge is -2.30. The number of nitrogens with two attached hydrogens (primary N) is 1. The quantitative estimate of drug-likeness (QED) is 0.292. The highest BCUT2D eigenvalue weighted by atomic mass is 35.5. The molecule has 4 aromatic rings. The summed E-state index contributed by atoms with van der Waals surface area (Å²) in [4.78, 5) is 25.4. The van der Waals surface area contributed by atoms with Crippen molar-refractivity contribution in [1.82, 2.24) is 24.8 Å². The van der Waals surface area contributed by atoms with Gasteiger partial charge in [0.2, 0.25) is 5.95 Å². The summed E-state index contributed by atoms with van der Waals surface area (Å²) in [6.45, 7) is 3.72. The number of anilines is 2. The summed E-state index contributed by atoms with van der Waals surface area (Å²) in [5.74, 6) is 0.460. The zero-order valence-corrected chi connectivity index (χ0v) is 20.6. The zero-order valence-electron chi connectivity index (χ0n) is 19.0. The highest BCUT2D eigenvalue weighted by Gasteiger charge is 2.30. The fraction of sp³-hybridized carbons (Fsp3) is 0.167. The first-order valence-corrected chi connectivity index (χ1v) is 12.0. The summed E-state index contributed by atoms with van der Waals surface area (Å²) in [6.07, 6.45) is 4.76. The summed E-state index contributed by atoms with van der Waals surface area (Å²) < 4.78 is 14.8. The normalized spacial score (nSPS) is 12.7. The Labute approximate surface area is 211 Å². The van der Waals surface area contributed by atoms with E-state index in [9.17, 15) is 9.18 Å². The minimum atomic E-state index is -0.808. The molecule has 0 bridgehead atoms. The molecule has 11 heteroatoms. The molecule has 1 unspecified atom stereocenters. The number of hydrogen-bond donors (Lipinski definition) is 3. The van der Waals surface area contributed by atoms with Gasteiger partial charge in [0.05, 0.1) is 0 Å². The van der Waals surface area contributed by atoms with Gasteiger partial charge in [-0.3, -0.25) is 9.36 Å². The smallest absolute Gasteiger partial charge is 0.272 e. The van der Waals surface area contributed by atoms with E-state index in [1.807, 2.05) is 26.0 Å². The van der Waals surface area contributed by atoms with Crippen LogP contribution in [0.25, 0.3) is 5.82 Å². The second-order valence-corrected chi connectivity index (χ2v) is 9.68. The molecule has 0 radical (unpaired) electrons. The van der Waals surface area contributed by atoms with Gasteiger partial charge in [-0.15, -0.1) is 11.8 Å². The van der Waals surface area contributed by atoms with E-state index in [1.165, 1.54) is 30.2 Å². The Hall–Kier alpha value is -3.47. The molecular weight excluding hydrogens is 489 g/mol. The van der Waals surface area contributed by atoms with Crippen molar-refractivity contribution in [2.45, 2.75) is 18.7 Å². The molecule has 2 heterocycles. The number of aryl methyl sites for hydroxylation is 1. The molecule has 0 aliphatic carbocycles. The standard InChI is InChI=1S/C24H23ClFN7OS/c1-15-11-28-23(30-19-8-6-18(26)7-9-19)31-21(15)33-12-20(29-14-33)22(34)32-24(2,35-13-27)16-4-3-5-17(25)10-16/h3-12,14H,13,27H2,1-2H3,(H,32,34)(H,28,30,31). The highest BCUT2D eigenvalue weighted by Crippen LogP contribution is 2.34. The van der Waals surface area contributed by atoms with Crippen LogP contribution in [-0.4, -0.2) is 31.3 Å². The predicted molar refractivity (Wildman–Crippen MR) is 136 cm³/mol. The summed E-state index contributed by atoms with van der Waals surface area (Å²) in [7, 11) is 0. The van der Waals surface area contributed by atoms with E-state index in [0.717, 1.165) is 11.1 Å². The van der Waals surface area contributed by atoms with E-state index in [0.29, 0.717) is 28.4 Å². The first-order chi connectivity index (χ1) is 16.8. The van der Waals surface area contributed by atoms with Crippen molar-refractivity contribution in [3.05, 3.63) is 94.9 Å². The molecular formula is C24H23ClFN7OS. The van der Waals surface area contributed by atoms with Crippen molar-refractivity contribution < 1.29 is 9.18 Å². The van der Waals surface area contributed by atoms with Gasteiger partial charge < -0.3 is 16.4 Å². The Balaban J connectivity index is 1.56. The van der Waals surface area contributed by atoms with E-state index in [1.54, 1.807) is 41.2 Å². The monoisotopic (exact) mass is 511 g/mol. The van der Waals surface area contributed by atoms with Gasteiger partial charge in [0.15, 0.2) is 0 Å². The number of aromatic nitrogens is 4. The number of rotatable bonds is 8. The summed E-state index contributed by atoms with van der Waals surface area (Å²) >= 11 is 7.53. The van der Waals surface area contributed by atoms with E-state index in [-0.39, 0.29) is 17.4 Å². The number of carbonyl (C=O) groups excluding carboxylic acids is 1. The molecule has 8 nitrogen and oxygen atoms in total. The van der Waals surface area contributed by atoms with Gasteiger partial charge in [-0.25, -0.2) is 14.4 Å². The van der Waals surface area contributed by atoms with Gasteiger partial charge in [-0.2, -0.15) is 4.98 Å². The number of nitrogens with zero attached hydrogens (tertiary/aromatic N) is 4. The zero-order chi connectivity index (χ0) is 25.0. The van der Waals surface area contributed by atoms with Crippen LogP contribution in [0.1, 0.15) is 28.5 Å². The molecule has 2 aromatic carbocycles. The van der Waals surface area contributed by atoms with Gasteiger partial charge in [0.1, 0.15) is 28.5 Å². The van der Waals surface area contributed by atoms with Crippen LogP contribution in [0.4, 0.5) is 16.0 Å². The van der Waals surface area contributed by atoms with Crippen molar-refractivity contribution in [2.75, 3.05) is 11.2 Å². The fourth-order valence-electron chi connectivity index (χ4n) is 3.40. The molecule has 0 spiro atoms. The molecule has 0 aliphatic rings. The summed E-state index contributed by atoms with van der Waals surface area (Å²) in [5, 5.41) is 6.62. The third-order valence-electron chi connectivity index (χ3n) is 5.20. The molecule has 0 saturated heterocycles. The minimum absolute atomic E-state index is 0.210. The number of imidazole rings is 1. The Morgan fingerprint density at radius 2 is 2.00 bits per heavy atom. The van der Waals surface area contributed by atoms with Crippen molar-refractivity contribution in [3.8, 4) is 5.82 Å². The van der Waals surface area contributed by atoms with Gasteiger partial charge in [0, 0.05) is 34.5 Å². The first kappa shape index (κ1) is 24.6. The topological polar surface area (TPSA) is 111 Å². The third kappa shape index (κ3) is 5.79. The lowest BCUT2D eigenvalue weighted by atomic mass is 10.1. The van der Waals surface area contributed by atoms with Crippen LogP contribution in [0.3, 0.4) is 0 Å². The minimum Gasteiger partial charge on any atom is -0.332 e. The maximum atomic E-state index is 13.2. The first-order valence-electron chi connectivity index (χ1n) is 10.6. The Morgan fingerprint density at radius 1 is 1.23 bits per heavy atom. The van der Waals surface area contributed by atoms with Crippen molar-refractivity contribution in [2.24, 2.45) is 5.73 Å². The maximum absolute atomic E-state index is 13.2. The Kier molecular flexibility index (Phi) is 7.34. The fourth-order valence-corrected chi connectivity index (χ4v) is 4.38. The predicted octanol–water partition coefficient (Wildman–Crippen LogP) is 4.76. The van der Waals surface area contributed by atoms with E-state index in [2.05, 4.69) is 25.6 Å². The van der Waals surface area contributed by atoms with Crippen molar-refractivity contribution in [3.63, 3.8) is 0 Å². The molecule has 0 aliphatic heterocycles. The number of hydrogen-bond acceptors (Lipinski definition) is 7. The number of halogens is 2. The third-order valence-corrected chi connectivity index (χ3v) is 6.52. The van der Waals surface area contributed by atoms with Crippen LogP contribution in [-0.2, 0) is 4.87 Å². The molecule has 2 aromatic heterocycles. The lowest BCUT2D eigenvalue weighted by molar-refractivity contribution is 0.0928. The SMILES string of the molecule is Cc1cnc(Nc2ccc(F)cc2)nc1-n1cnc(C(=O)NC(C)(SCN)c2cccc(Cl)c2)c1. The van der Waals surface area contributed by atoms with Crippen LogP contribution in [0.2, 0.25) is 5.02 Å². The van der Waals surface area contributed by atoms with Crippen LogP contribution in [0, 0.1) is 12.7 Å². The van der Waals surface area contributed by atoms with Crippen molar-refractivity contribution >= 4 is 40.9 Å². The van der Waals surface area contributed by atoms with Gasteiger partial charge >= 0.3 is 0 Å². The van der Waals surface area contributed by atoms with E-state index < -0.39 is 4.87 Å². The highest BCUT2D eigenvalue weighted by molar-refractivity contribution is 8.00. The lowest BCUT2D eigenvalue weighted by Crippen LogP contribution is -2.41. The molecule has 1 amide bonds. The summed E-state index contributed by atoms with van der Waals surface area (Å²) in [6, 6.07) is 13.1. The second-order valence-electron chi connectivity index (χ2n) is 7.81. The molecule has 35 heavy (non-hydrogen) atoms. The van der Waals surface area contributed by atoms with Gasteiger partial charge in [-0.1, -0.05) is 23.7 Å². The maximum Gasteiger partial charge on any atom is 0.272 e. The average Bonchev–Trinajstić information content (AvgIpc) is 3.32. The molecule has 0 saturated carbocycles. The Morgan fingerprint density at radius 3 is 2.71 bits per heavy atom. The average molecular weight is 512 g/mol. The van der Waals surface area contributed by atoms with E-state index in [4.69, 9.17) is 17.3 Å². The number of benzene rings is 2. The number of carbonyl (C=O) groups is 1. The second kappa shape index (κ2) is 10.4. The number of thioether (sulfide) groups is 1. The molecule has 1 atom stereocenters. The van der Waals surface area contributed by atoms with E-state index >= 15 is 0 Å². The molecule has 4 N–H and O–H groups in total. The molecule has 0 fully saturated rings. The Bertz CT molecular complexity index is 1350. The molecule has 180 valence electrons.